The van der Waals surface area contributed by atoms with E-state index in [1.807, 2.05) is 0 Å². The summed E-state index contributed by atoms with van der Waals surface area (Å²) < 4.78 is 71.0. The van der Waals surface area contributed by atoms with Crippen LogP contribution in [0.15, 0.2) is 12.8 Å². The lowest BCUT2D eigenvalue weighted by atomic mass is 10.0. The highest BCUT2D eigenvalue weighted by atomic mass is 16.6. The molecule has 0 fully saturated rings. The predicted molar refractivity (Wildman–Crippen MR) is 216 cm³/mol. The molecule has 0 spiro atoms. The van der Waals surface area contributed by atoms with Crippen molar-refractivity contribution in [1.29, 1.82) is 0 Å². The fraction of sp³-hybridized carbons (Fsp3) is 0.952. The van der Waals surface area contributed by atoms with Gasteiger partial charge in [0, 0.05) is 6.61 Å². The lowest BCUT2D eigenvalue weighted by Crippen LogP contribution is -2.15. The molecule has 0 amide bonds. The first-order chi connectivity index (χ1) is 27.4. The summed E-state index contributed by atoms with van der Waals surface area (Å²) in [6.45, 7) is 19.4. The van der Waals surface area contributed by atoms with E-state index >= 15 is 0 Å². The number of hydrogen-bond acceptors (Lipinski definition) is 13. The zero-order valence-electron chi connectivity index (χ0n) is 35.2. The Hall–Kier alpha value is -0.940. The molecule has 0 rings (SSSR count). The van der Waals surface area contributed by atoms with Gasteiger partial charge in [-0.05, 0) is 6.42 Å². The van der Waals surface area contributed by atoms with Gasteiger partial charge in [-0.25, -0.2) is 0 Å². The van der Waals surface area contributed by atoms with Crippen molar-refractivity contribution in [1.82, 2.24) is 0 Å². The van der Waals surface area contributed by atoms with E-state index in [2.05, 4.69) is 13.5 Å². The Bertz CT molecular complexity index is 677. The Morgan fingerprint density at radius 1 is 0.236 bits per heavy atom. The van der Waals surface area contributed by atoms with Crippen LogP contribution in [-0.2, 0) is 61.6 Å². The van der Waals surface area contributed by atoms with Gasteiger partial charge in [-0.1, -0.05) is 97.0 Å². The molecule has 0 aromatic carbocycles. The second-order valence-electron chi connectivity index (χ2n) is 13.0. The lowest BCUT2D eigenvalue weighted by molar-refractivity contribution is -0.0286. The summed E-state index contributed by atoms with van der Waals surface area (Å²) in [5.74, 6) is 0. The maximum absolute atomic E-state index is 5.69. The van der Waals surface area contributed by atoms with E-state index in [4.69, 9.17) is 61.6 Å². The first-order valence-electron chi connectivity index (χ1n) is 21.6. The fourth-order valence-electron chi connectivity index (χ4n) is 5.11. The first kappa shape index (κ1) is 54.1. The van der Waals surface area contributed by atoms with Crippen molar-refractivity contribution < 1.29 is 61.6 Å². The van der Waals surface area contributed by atoms with E-state index in [1.165, 1.54) is 89.7 Å². The monoisotopic (exact) mass is 797 g/mol. The van der Waals surface area contributed by atoms with Crippen LogP contribution >= 0.6 is 0 Å². The molecule has 0 heterocycles. The van der Waals surface area contributed by atoms with E-state index in [-0.39, 0.29) is 0 Å². The topological polar surface area (TPSA) is 120 Å². The van der Waals surface area contributed by atoms with E-state index < -0.39 is 0 Å². The summed E-state index contributed by atoms with van der Waals surface area (Å²) in [7, 11) is 0. The summed E-state index contributed by atoms with van der Waals surface area (Å²) in [6, 6.07) is 0. The molecule has 0 saturated carbocycles. The van der Waals surface area contributed by atoms with E-state index in [0.717, 1.165) is 13.0 Å². The molecule has 0 atom stereocenters. The number of rotatable bonds is 52. The molecular formula is C42H84O13. The number of ether oxygens (including phenoxy) is 13. The molecule has 0 aromatic rings. The van der Waals surface area contributed by atoms with Gasteiger partial charge in [0.15, 0.2) is 0 Å². The van der Waals surface area contributed by atoms with Gasteiger partial charge in [-0.3, -0.25) is 0 Å². The normalized spacial score (nSPS) is 11.5. The van der Waals surface area contributed by atoms with Crippen molar-refractivity contribution in [3.8, 4) is 0 Å². The van der Waals surface area contributed by atoms with E-state index in [9.17, 15) is 0 Å². The predicted octanol–water partition coefficient (Wildman–Crippen LogP) is 6.83. The van der Waals surface area contributed by atoms with Crippen molar-refractivity contribution in [2.45, 2.75) is 96.8 Å². The van der Waals surface area contributed by atoms with Gasteiger partial charge in [-0.15, -0.1) is 0 Å². The average molecular weight is 797 g/mol. The molecule has 0 aliphatic carbocycles. The summed E-state index contributed by atoms with van der Waals surface area (Å²) in [6.07, 6.45) is 20.6. The van der Waals surface area contributed by atoms with Crippen molar-refractivity contribution in [3.63, 3.8) is 0 Å². The maximum atomic E-state index is 5.69. The van der Waals surface area contributed by atoms with Crippen LogP contribution in [0, 0.1) is 0 Å². The highest BCUT2D eigenvalue weighted by molar-refractivity contribution is 4.50. The largest absolute Gasteiger partial charge is 0.499 e. The van der Waals surface area contributed by atoms with Crippen molar-refractivity contribution in [2.24, 2.45) is 0 Å². The third kappa shape index (κ3) is 53.1. The average Bonchev–Trinajstić information content (AvgIpc) is 3.20. The van der Waals surface area contributed by atoms with Gasteiger partial charge in [0.25, 0.3) is 0 Å². The molecule has 0 bridgehead atoms. The minimum Gasteiger partial charge on any atom is -0.499 e. The molecule has 0 aromatic heterocycles. The van der Waals surface area contributed by atoms with Crippen LogP contribution in [0.2, 0.25) is 0 Å². The molecule has 330 valence electrons. The molecular weight excluding hydrogens is 712 g/mol. The third-order valence-corrected chi connectivity index (χ3v) is 8.20. The van der Waals surface area contributed by atoms with Gasteiger partial charge in [-0.2, -0.15) is 0 Å². The highest BCUT2D eigenvalue weighted by Gasteiger charge is 1.98. The van der Waals surface area contributed by atoms with Crippen LogP contribution in [0.25, 0.3) is 0 Å². The standard InChI is InChI=1S/C42H84O13/c1-3-5-6-7-8-9-10-11-12-13-14-15-16-17-18-44-21-22-46-25-26-48-29-30-50-33-34-52-37-38-54-41-42-55-40-39-53-36-35-51-32-31-49-28-27-47-24-23-45-20-19-43-4-2/h4H,2-3,5-42H2,1H3. The molecule has 55 heavy (non-hydrogen) atoms. The summed E-state index contributed by atoms with van der Waals surface area (Å²) in [4.78, 5) is 0. The molecule has 0 aliphatic rings. The zero-order chi connectivity index (χ0) is 39.5. The minimum atomic E-state index is 0.503. The van der Waals surface area contributed by atoms with Gasteiger partial charge in [0.1, 0.15) is 6.61 Å². The highest BCUT2D eigenvalue weighted by Crippen LogP contribution is 2.13. The van der Waals surface area contributed by atoms with Crippen molar-refractivity contribution >= 4 is 0 Å². The van der Waals surface area contributed by atoms with Gasteiger partial charge in [0.05, 0.1) is 158 Å². The Kier molecular flexibility index (Phi) is 52.2. The number of unbranched alkanes of at least 4 members (excludes halogenated alkanes) is 13. The Labute approximate surface area is 335 Å². The smallest absolute Gasteiger partial charge is 0.111 e. The van der Waals surface area contributed by atoms with Gasteiger partial charge in [0.2, 0.25) is 0 Å². The van der Waals surface area contributed by atoms with Crippen LogP contribution in [0.1, 0.15) is 96.8 Å². The fourth-order valence-corrected chi connectivity index (χ4v) is 5.11. The number of hydrogen-bond donors (Lipinski definition) is 0. The first-order valence-corrected chi connectivity index (χ1v) is 21.6. The second kappa shape index (κ2) is 53.1. The molecule has 13 heteroatoms. The maximum Gasteiger partial charge on any atom is 0.111 e. The Morgan fingerprint density at radius 2 is 0.418 bits per heavy atom. The SMILES string of the molecule is C=COCCOCCOCCOCCOCCOCCOCCOCCOCCOCCOCCOCCOCCCCCCCCCCCCCCCC. The summed E-state index contributed by atoms with van der Waals surface area (Å²) >= 11 is 0. The van der Waals surface area contributed by atoms with Gasteiger partial charge >= 0.3 is 0 Å². The molecule has 0 unspecified atom stereocenters. The molecule has 0 N–H and O–H groups in total. The molecule has 13 nitrogen and oxygen atoms in total. The molecule has 0 radical (unpaired) electrons. The summed E-state index contributed by atoms with van der Waals surface area (Å²) in [5, 5.41) is 0. The molecule has 0 saturated heterocycles. The van der Waals surface area contributed by atoms with E-state index in [1.54, 1.807) is 0 Å². The third-order valence-electron chi connectivity index (χ3n) is 8.20. The molecule has 0 aliphatic heterocycles. The van der Waals surface area contributed by atoms with Crippen LogP contribution in [0.4, 0.5) is 0 Å². The quantitative estimate of drug-likeness (QED) is 0.0473. The summed E-state index contributed by atoms with van der Waals surface area (Å²) in [5.41, 5.74) is 0. The van der Waals surface area contributed by atoms with Gasteiger partial charge < -0.3 is 61.6 Å². The van der Waals surface area contributed by atoms with Crippen LogP contribution in [0.5, 0.6) is 0 Å². The van der Waals surface area contributed by atoms with Crippen LogP contribution < -0.4 is 0 Å². The van der Waals surface area contributed by atoms with Crippen molar-refractivity contribution in [3.05, 3.63) is 12.8 Å². The van der Waals surface area contributed by atoms with Crippen molar-refractivity contribution in [2.75, 3.05) is 165 Å². The lowest BCUT2D eigenvalue weighted by Gasteiger charge is -2.09. The van der Waals surface area contributed by atoms with Crippen LogP contribution in [-0.4, -0.2) is 165 Å². The Morgan fingerprint density at radius 3 is 0.636 bits per heavy atom. The minimum absolute atomic E-state index is 0.503. The van der Waals surface area contributed by atoms with Crippen LogP contribution in [0.3, 0.4) is 0 Å². The zero-order valence-corrected chi connectivity index (χ0v) is 35.2. The van der Waals surface area contributed by atoms with E-state index in [0.29, 0.717) is 159 Å². The Balaban J connectivity index is 3.05. The second-order valence-corrected chi connectivity index (χ2v) is 13.0.